The van der Waals surface area contributed by atoms with Gasteiger partial charge in [0.1, 0.15) is 0 Å². The van der Waals surface area contributed by atoms with Gasteiger partial charge in [-0.1, -0.05) is 37.8 Å². The number of ether oxygens (including phenoxy) is 1. The molecule has 0 bridgehead atoms. The molecule has 1 aromatic carbocycles. The summed E-state index contributed by atoms with van der Waals surface area (Å²) < 4.78 is 4.67. The molecule has 0 amide bonds. The molecule has 4 heteroatoms. The second-order valence-electron chi connectivity index (χ2n) is 5.93. The van der Waals surface area contributed by atoms with E-state index in [-0.39, 0.29) is 5.97 Å². The van der Waals surface area contributed by atoms with E-state index in [4.69, 9.17) is 0 Å². The molecule has 1 saturated carbocycles. The lowest BCUT2D eigenvalue weighted by atomic mass is 9.94. The van der Waals surface area contributed by atoms with E-state index in [1.807, 2.05) is 12.1 Å². The zero-order valence-corrected chi connectivity index (χ0v) is 12.7. The number of methoxy groups -OCH3 is 1. The van der Waals surface area contributed by atoms with E-state index in [2.05, 4.69) is 10.1 Å². The Kier molecular flexibility index (Phi) is 5.76. The van der Waals surface area contributed by atoms with E-state index in [1.165, 1.54) is 20.0 Å². The number of nitrogens with one attached hydrogen (secondary N) is 1. The molecule has 0 spiro atoms. The van der Waals surface area contributed by atoms with Crippen LogP contribution in [0.15, 0.2) is 24.3 Å². The summed E-state index contributed by atoms with van der Waals surface area (Å²) >= 11 is 0. The Bertz CT molecular complexity index is 448. The summed E-state index contributed by atoms with van der Waals surface area (Å²) in [6.07, 6.45) is 6.48. The zero-order chi connectivity index (χ0) is 15.1. The highest BCUT2D eigenvalue weighted by molar-refractivity contribution is 5.89. The van der Waals surface area contributed by atoms with Crippen LogP contribution in [0.5, 0.6) is 0 Å². The van der Waals surface area contributed by atoms with E-state index in [0.717, 1.165) is 31.2 Å². The predicted octanol–water partition coefficient (Wildman–Crippen LogP) is 2.65. The molecule has 0 heterocycles. The molecule has 0 saturated heterocycles. The Morgan fingerprint density at radius 2 is 1.81 bits per heavy atom. The van der Waals surface area contributed by atoms with Crippen molar-refractivity contribution in [2.24, 2.45) is 0 Å². The molecule has 1 aromatic rings. The lowest BCUT2D eigenvalue weighted by molar-refractivity contribution is 0.0250. The third kappa shape index (κ3) is 4.83. The third-order valence-electron chi connectivity index (χ3n) is 4.19. The van der Waals surface area contributed by atoms with Crippen molar-refractivity contribution in [1.82, 2.24) is 5.32 Å². The average Bonchev–Trinajstić information content (AvgIpc) is 2.72. The van der Waals surface area contributed by atoms with Crippen LogP contribution in [0.3, 0.4) is 0 Å². The summed E-state index contributed by atoms with van der Waals surface area (Å²) in [5, 5.41) is 13.9. The summed E-state index contributed by atoms with van der Waals surface area (Å²) in [4.78, 5) is 11.3. The maximum absolute atomic E-state index is 11.3. The number of aliphatic hydroxyl groups is 1. The van der Waals surface area contributed by atoms with Crippen molar-refractivity contribution in [3.63, 3.8) is 0 Å². The molecule has 1 aliphatic rings. The fourth-order valence-corrected chi connectivity index (χ4v) is 2.88. The van der Waals surface area contributed by atoms with Crippen LogP contribution in [0, 0.1) is 0 Å². The van der Waals surface area contributed by atoms with Gasteiger partial charge >= 0.3 is 5.97 Å². The molecule has 2 rings (SSSR count). The fourth-order valence-electron chi connectivity index (χ4n) is 2.88. The normalized spacial score (nSPS) is 18.0. The Morgan fingerprint density at radius 3 is 2.38 bits per heavy atom. The molecule has 0 aliphatic heterocycles. The fraction of sp³-hybridized carbons (Fsp3) is 0.588. The number of rotatable bonds is 5. The van der Waals surface area contributed by atoms with Gasteiger partial charge in [-0.2, -0.15) is 0 Å². The third-order valence-corrected chi connectivity index (χ3v) is 4.19. The summed E-state index contributed by atoms with van der Waals surface area (Å²) in [5.41, 5.74) is 1.10. The van der Waals surface area contributed by atoms with Crippen molar-refractivity contribution in [3.8, 4) is 0 Å². The van der Waals surface area contributed by atoms with Gasteiger partial charge in [-0.25, -0.2) is 4.79 Å². The van der Waals surface area contributed by atoms with Crippen LogP contribution in [0.25, 0.3) is 0 Å². The number of hydrogen-bond acceptors (Lipinski definition) is 4. The Labute approximate surface area is 126 Å². The summed E-state index contributed by atoms with van der Waals surface area (Å²) in [5.74, 6) is -0.317. The minimum atomic E-state index is -0.553. The van der Waals surface area contributed by atoms with Gasteiger partial charge in [0.2, 0.25) is 0 Å². The molecule has 0 atom stereocenters. The van der Waals surface area contributed by atoms with Gasteiger partial charge in [-0.15, -0.1) is 0 Å². The molecule has 1 fully saturated rings. The van der Waals surface area contributed by atoms with Gasteiger partial charge in [0, 0.05) is 13.1 Å². The molecule has 21 heavy (non-hydrogen) atoms. The van der Waals surface area contributed by atoms with E-state index >= 15 is 0 Å². The van der Waals surface area contributed by atoms with Gasteiger partial charge in [0.15, 0.2) is 0 Å². The summed E-state index contributed by atoms with van der Waals surface area (Å²) in [7, 11) is 1.38. The van der Waals surface area contributed by atoms with Crippen LogP contribution in [-0.2, 0) is 11.3 Å². The number of benzene rings is 1. The van der Waals surface area contributed by atoms with Gasteiger partial charge in [-0.3, -0.25) is 0 Å². The molecule has 1 aliphatic carbocycles. The molecular formula is C17H25NO3. The van der Waals surface area contributed by atoms with Crippen LogP contribution in [0.4, 0.5) is 0 Å². The van der Waals surface area contributed by atoms with Gasteiger partial charge in [0.25, 0.3) is 0 Å². The van der Waals surface area contributed by atoms with Gasteiger partial charge in [0.05, 0.1) is 18.3 Å². The lowest BCUT2D eigenvalue weighted by Gasteiger charge is -2.27. The smallest absolute Gasteiger partial charge is 0.337 e. The van der Waals surface area contributed by atoms with Crippen molar-refractivity contribution < 1.29 is 14.6 Å². The summed E-state index contributed by atoms with van der Waals surface area (Å²) in [6.45, 7) is 1.33. The van der Waals surface area contributed by atoms with Crippen molar-refractivity contribution in [2.45, 2.75) is 50.7 Å². The lowest BCUT2D eigenvalue weighted by Crippen LogP contribution is -2.39. The highest BCUT2D eigenvalue weighted by atomic mass is 16.5. The second-order valence-corrected chi connectivity index (χ2v) is 5.93. The van der Waals surface area contributed by atoms with Crippen LogP contribution < -0.4 is 5.32 Å². The highest BCUT2D eigenvalue weighted by Gasteiger charge is 2.27. The van der Waals surface area contributed by atoms with E-state index in [1.54, 1.807) is 12.1 Å². The molecule has 0 unspecified atom stereocenters. The maximum Gasteiger partial charge on any atom is 0.337 e. The zero-order valence-electron chi connectivity index (χ0n) is 12.7. The standard InChI is InChI=1S/C17H25NO3/c1-21-16(19)15-8-6-14(7-9-15)12-18-13-17(20)10-4-2-3-5-11-17/h6-9,18,20H,2-5,10-13H2,1H3. The van der Waals surface area contributed by atoms with Crippen molar-refractivity contribution in [2.75, 3.05) is 13.7 Å². The van der Waals surface area contributed by atoms with Crippen molar-refractivity contribution in [1.29, 1.82) is 0 Å². The number of hydrogen-bond donors (Lipinski definition) is 2. The predicted molar refractivity (Wildman–Crippen MR) is 82.1 cm³/mol. The minimum absolute atomic E-state index is 0.317. The van der Waals surface area contributed by atoms with E-state index < -0.39 is 5.60 Å². The largest absolute Gasteiger partial charge is 0.465 e. The number of carbonyl (C=O) groups is 1. The summed E-state index contributed by atoms with van der Waals surface area (Å²) in [6, 6.07) is 7.36. The maximum atomic E-state index is 11.3. The van der Waals surface area contributed by atoms with Gasteiger partial charge < -0.3 is 15.2 Å². The molecule has 4 nitrogen and oxygen atoms in total. The van der Waals surface area contributed by atoms with Crippen LogP contribution >= 0.6 is 0 Å². The first-order chi connectivity index (χ1) is 10.1. The monoisotopic (exact) mass is 291 g/mol. The first-order valence-corrected chi connectivity index (χ1v) is 7.73. The first-order valence-electron chi connectivity index (χ1n) is 7.73. The average molecular weight is 291 g/mol. The van der Waals surface area contributed by atoms with Crippen molar-refractivity contribution >= 4 is 5.97 Å². The number of esters is 1. The van der Waals surface area contributed by atoms with Crippen LogP contribution in [0.1, 0.15) is 54.4 Å². The Morgan fingerprint density at radius 1 is 1.19 bits per heavy atom. The molecule has 116 valence electrons. The molecule has 0 radical (unpaired) electrons. The first kappa shape index (κ1) is 16.0. The number of carbonyl (C=O) groups excluding carboxylic acids is 1. The topological polar surface area (TPSA) is 58.6 Å². The molecular weight excluding hydrogens is 266 g/mol. The van der Waals surface area contributed by atoms with E-state index in [9.17, 15) is 9.90 Å². The Balaban J connectivity index is 1.81. The van der Waals surface area contributed by atoms with Gasteiger partial charge in [-0.05, 0) is 30.5 Å². The molecule has 0 aromatic heterocycles. The highest BCUT2D eigenvalue weighted by Crippen LogP contribution is 2.26. The quantitative estimate of drug-likeness (QED) is 0.647. The molecule has 2 N–H and O–H groups in total. The SMILES string of the molecule is COC(=O)c1ccc(CNCC2(O)CCCCCC2)cc1. The van der Waals surface area contributed by atoms with Crippen LogP contribution in [-0.4, -0.2) is 30.3 Å². The van der Waals surface area contributed by atoms with Crippen LogP contribution in [0.2, 0.25) is 0 Å². The Hall–Kier alpha value is -1.39. The van der Waals surface area contributed by atoms with Crippen molar-refractivity contribution in [3.05, 3.63) is 35.4 Å². The minimum Gasteiger partial charge on any atom is -0.465 e. The second kappa shape index (κ2) is 7.57. The van der Waals surface area contributed by atoms with E-state index in [0.29, 0.717) is 18.7 Å².